The number of nitrogens with one attached hydrogen (secondary N) is 1. The van der Waals surface area contributed by atoms with E-state index in [0.717, 1.165) is 16.9 Å². The fraction of sp³-hybridized carbons (Fsp3) is 0.385. The highest BCUT2D eigenvalue weighted by Crippen LogP contribution is 2.25. The zero-order valence-electron chi connectivity index (χ0n) is 10.8. The number of aliphatic hydroxyl groups is 1. The molecule has 0 aliphatic rings. The molecular weight excluding hydrogens is 264 g/mol. The van der Waals surface area contributed by atoms with Crippen molar-refractivity contribution in [3.8, 4) is 0 Å². The molecule has 0 spiro atoms. The van der Waals surface area contributed by atoms with Gasteiger partial charge < -0.3 is 10.4 Å². The number of hydrogen-bond donors (Lipinski definition) is 2. The Labute approximate surface area is 117 Å². The molecule has 102 valence electrons. The number of aromatic nitrogens is 3. The van der Waals surface area contributed by atoms with Gasteiger partial charge in [-0.25, -0.2) is 0 Å². The van der Waals surface area contributed by atoms with Crippen molar-refractivity contribution in [3.63, 3.8) is 0 Å². The molecule has 0 aliphatic heterocycles. The quantitative estimate of drug-likeness (QED) is 0.852. The molecule has 0 radical (unpaired) electrons. The first-order chi connectivity index (χ1) is 9.20. The summed E-state index contributed by atoms with van der Waals surface area (Å²) in [5, 5.41) is 20.8. The molecule has 0 bridgehead atoms. The van der Waals surface area contributed by atoms with Crippen molar-refractivity contribution in [3.05, 3.63) is 40.7 Å². The standard InChI is InChI=1S/C13H17ClN4O/c1-10-4-2-5-12(14)13(10)15-8-11-9-18(17-16-11)6-3-7-19/h2,4-5,9,15,19H,3,6-8H2,1H3. The maximum Gasteiger partial charge on any atom is 0.102 e. The van der Waals surface area contributed by atoms with E-state index in [9.17, 15) is 0 Å². The van der Waals surface area contributed by atoms with E-state index in [2.05, 4.69) is 15.6 Å². The maximum absolute atomic E-state index is 8.76. The van der Waals surface area contributed by atoms with Crippen LogP contribution >= 0.6 is 11.6 Å². The van der Waals surface area contributed by atoms with Crippen LogP contribution in [0.5, 0.6) is 0 Å². The first kappa shape index (κ1) is 13.8. The Morgan fingerprint density at radius 3 is 3.00 bits per heavy atom. The van der Waals surface area contributed by atoms with Crippen LogP contribution in [-0.2, 0) is 13.1 Å². The van der Waals surface area contributed by atoms with Gasteiger partial charge in [-0.2, -0.15) is 0 Å². The molecule has 6 heteroatoms. The highest BCUT2D eigenvalue weighted by Gasteiger charge is 2.05. The number of anilines is 1. The Bertz CT molecular complexity index is 521. The van der Waals surface area contributed by atoms with Gasteiger partial charge in [0.05, 0.1) is 23.5 Å². The predicted octanol–water partition coefficient (Wildman–Crippen LogP) is 2.23. The zero-order valence-corrected chi connectivity index (χ0v) is 11.6. The van der Waals surface area contributed by atoms with Crippen LogP contribution < -0.4 is 5.32 Å². The molecular formula is C13H17ClN4O. The van der Waals surface area contributed by atoms with Gasteiger partial charge in [0.2, 0.25) is 0 Å². The molecule has 19 heavy (non-hydrogen) atoms. The smallest absolute Gasteiger partial charge is 0.102 e. The Morgan fingerprint density at radius 2 is 2.26 bits per heavy atom. The van der Waals surface area contributed by atoms with Gasteiger partial charge in [-0.1, -0.05) is 28.9 Å². The molecule has 5 nitrogen and oxygen atoms in total. The van der Waals surface area contributed by atoms with Gasteiger partial charge in [0.15, 0.2) is 0 Å². The topological polar surface area (TPSA) is 63.0 Å². The lowest BCUT2D eigenvalue weighted by Crippen LogP contribution is -2.02. The predicted molar refractivity (Wildman–Crippen MR) is 75.2 cm³/mol. The maximum atomic E-state index is 8.76. The molecule has 1 aromatic carbocycles. The first-order valence-electron chi connectivity index (χ1n) is 6.19. The van der Waals surface area contributed by atoms with Crippen molar-refractivity contribution >= 4 is 17.3 Å². The molecule has 2 N–H and O–H groups in total. The van der Waals surface area contributed by atoms with E-state index in [0.29, 0.717) is 24.5 Å². The molecule has 0 saturated heterocycles. The van der Waals surface area contributed by atoms with E-state index in [1.807, 2.05) is 31.3 Å². The average molecular weight is 281 g/mol. The summed E-state index contributed by atoms with van der Waals surface area (Å²) >= 11 is 6.14. The van der Waals surface area contributed by atoms with E-state index in [4.69, 9.17) is 16.7 Å². The van der Waals surface area contributed by atoms with E-state index in [1.54, 1.807) is 4.68 Å². The molecule has 1 aromatic heterocycles. The van der Waals surface area contributed by atoms with Gasteiger partial charge in [-0.05, 0) is 25.0 Å². The second-order valence-corrected chi connectivity index (χ2v) is 4.74. The van der Waals surface area contributed by atoms with Crippen LogP contribution in [0.1, 0.15) is 17.7 Å². The van der Waals surface area contributed by atoms with Crippen molar-refractivity contribution in [2.75, 3.05) is 11.9 Å². The van der Waals surface area contributed by atoms with E-state index < -0.39 is 0 Å². The van der Waals surface area contributed by atoms with Gasteiger partial charge >= 0.3 is 0 Å². The van der Waals surface area contributed by atoms with Gasteiger partial charge in [-0.3, -0.25) is 4.68 Å². The van der Waals surface area contributed by atoms with Crippen molar-refractivity contribution in [1.29, 1.82) is 0 Å². The number of benzene rings is 1. The summed E-state index contributed by atoms with van der Waals surface area (Å²) in [5.74, 6) is 0. The number of halogens is 1. The van der Waals surface area contributed by atoms with Crippen LogP contribution in [-0.4, -0.2) is 26.7 Å². The third-order valence-electron chi connectivity index (χ3n) is 2.80. The van der Waals surface area contributed by atoms with Crippen LogP contribution in [0.25, 0.3) is 0 Å². The van der Waals surface area contributed by atoms with Gasteiger partial charge in [0.25, 0.3) is 0 Å². The van der Waals surface area contributed by atoms with E-state index in [1.165, 1.54) is 0 Å². The SMILES string of the molecule is Cc1cccc(Cl)c1NCc1cn(CCCO)nn1. The molecule has 0 aliphatic carbocycles. The van der Waals surface area contributed by atoms with Crippen LogP contribution in [0.4, 0.5) is 5.69 Å². The van der Waals surface area contributed by atoms with Gasteiger partial charge in [0, 0.05) is 13.2 Å². The number of aryl methyl sites for hydroxylation is 2. The highest BCUT2D eigenvalue weighted by molar-refractivity contribution is 6.33. The monoisotopic (exact) mass is 280 g/mol. The highest BCUT2D eigenvalue weighted by atomic mass is 35.5. The van der Waals surface area contributed by atoms with Crippen molar-refractivity contribution in [2.24, 2.45) is 0 Å². The van der Waals surface area contributed by atoms with E-state index in [-0.39, 0.29) is 6.61 Å². The lowest BCUT2D eigenvalue weighted by molar-refractivity contribution is 0.276. The minimum atomic E-state index is 0.159. The summed E-state index contributed by atoms with van der Waals surface area (Å²) in [7, 11) is 0. The van der Waals surface area contributed by atoms with Crippen molar-refractivity contribution < 1.29 is 5.11 Å². The Balaban J connectivity index is 1.97. The minimum absolute atomic E-state index is 0.159. The second-order valence-electron chi connectivity index (χ2n) is 4.34. The van der Waals surface area contributed by atoms with Gasteiger partial charge in [-0.15, -0.1) is 5.10 Å². The van der Waals surface area contributed by atoms with Gasteiger partial charge in [0.1, 0.15) is 5.69 Å². The van der Waals surface area contributed by atoms with Crippen LogP contribution in [0.2, 0.25) is 5.02 Å². The summed E-state index contributed by atoms with van der Waals surface area (Å²) in [4.78, 5) is 0. The zero-order chi connectivity index (χ0) is 13.7. The normalized spacial score (nSPS) is 10.7. The molecule has 2 aromatic rings. The summed E-state index contributed by atoms with van der Waals surface area (Å²) in [6, 6.07) is 5.79. The number of para-hydroxylation sites is 1. The minimum Gasteiger partial charge on any atom is -0.396 e. The number of hydrogen-bond acceptors (Lipinski definition) is 4. The number of nitrogens with zero attached hydrogens (tertiary/aromatic N) is 3. The Kier molecular flexibility index (Phi) is 4.76. The molecule has 0 amide bonds. The number of aliphatic hydroxyl groups excluding tert-OH is 1. The summed E-state index contributed by atoms with van der Waals surface area (Å²) in [6.45, 7) is 3.41. The third kappa shape index (κ3) is 3.68. The Hall–Kier alpha value is -1.59. The van der Waals surface area contributed by atoms with E-state index >= 15 is 0 Å². The van der Waals surface area contributed by atoms with Crippen LogP contribution in [0, 0.1) is 6.92 Å². The molecule has 2 rings (SSSR count). The first-order valence-corrected chi connectivity index (χ1v) is 6.57. The average Bonchev–Trinajstić information content (AvgIpc) is 2.84. The summed E-state index contributed by atoms with van der Waals surface area (Å²) in [6.07, 6.45) is 2.55. The number of rotatable bonds is 6. The lowest BCUT2D eigenvalue weighted by Gasteiger charge is -2.09. The molecule has 0 atom stereocenters. The molecule has 0 unspecified atom stereocenters. The molecule has 1 heterocycles. The summed E-state index contributed by atoms with van der Waals surface area (Å²) in [5.41, 5.74) is 2.87. The van der Waals surface area contributed by atoms with Crippen LogP contribution in [0.15, 0.2) is 24.4 Å². The van der Waals surface area contributed by atoms with Crippen molar-refractivity contribution in [1.82, 2.24) is 15.0 Å². The molecule has 0 saturated carbocycles. The van der Waals surface area contributed by atoms with Crippen LogP contribution in [0.3, 0.4) is 0 Å². The second kappa shape index (κ2) is 6.54. The lowest BCUT2D eigenvalue weighted by atomic mass is 10.2. The largest absolute Gasteiger partial charge is 0.396 e. The molecule has 0 fully saturated rings. The fourth-order valence-corrected chi connectivity index (χ4v) is 2.08. The Morgan fingerprint density at radius 1 is 1.42 bits per heavy atom. The van der Waals surface area contributed by atoms with Crippen molar-refractivity contribution in [2.45, 2.75) is 26.4 Å². The fourth-order valence-electron chi connectivity index (χ4n) is 1.80. The third-order valence-corrected chi connectivity index (χ3v) is 3.11. The summed E-state index contributed by atoms with van der Waals surface area (Å²) < 4.78 is 1.73.